The molecule has 0 aromatic carbocycles. The van der Waals surface area contributed by atoms with Crippen LogP contribution >= 0.6 is 0 Å². The third-order valence-electron chi connectivity index (χ3n) is 2.44. The lowest BCUT2D eigenvalue weighted by molar-refractivity contribution is 0.0661. The number of hydrogen-bond acceptors (Lipinski definition) is 4. The summed E-state index contributed by atoms with van der Waals surface area (Å²) in [4.78, 5) is 28.6. The largest absolute Gasteiger partial charge is 0.478 e. The fourth-order valence-electron chi connectivity index (χ4n) is 1.53. The fourth-order valence-corrected chi connectivity index (χ4v) is 1.53. The Bertz CT molecular complexity index is 473. The molecule has 102 valence electrons. The molecule has 0 radical (unpaired) electrons. The van der Waals surface area contributed by atoms with Crippen molar-refractivity contribution in [2.45, 2.75) is 0 Å². The van der Waals surface area contributed by atoms with E-state index in [-0.39, 0.29) is 11.3 Å². The first-order valence-corrected chi connectivity index (χ1v) is 5.69. The number of rotatable bonds is 7. The zero-order chi connectivity index (χ0) is 14.3. The topological polar surface area (TPSA) is 79.7 Å². The van der Waals surface area contributed by atoms with Crippen molar-refractivity contribution in [3.05, 3.63) is 42.2 Å². The van der Waals surface area contributed by atoms with Crippen LogP contribution in [0.5, 0.6) is 0 Å². The maximum atomic E-state index is 12.3. The minimum atomic E-state index is -1.18. The number of aromatic carboxylic acids is 1. The van der Waals surface area contributed by atoms with Crippen LogP contribution in [0.15, 0.2) is 31.0 Å². The highest BCUT2D eigenvalue weighted by Crippen LogP contribution is 2.09. The van der Waals surface area contributed by atoms with Crippen molar-refractivity contribution in [2.24, 2.45) is 0 Å². The Morgan fingerprint density at radius 3 is 2.89 bits per heavy atom. The average Bonchev–Trinajstić information content (AvgIpc) is 2.42. The van der Waals surface area contributed by atoms with Gasteiger partial charge in [0.1, 0.15) is 5.69 Å². The Kier molecular flexibility index (Phi) is 5.69. The number of carbonyl (C=O) groups is 2. The molecule has 1 aromatic heterocycles. The van der Waals surface area contributed by atoms with Gasteiger partial charge < -0.3 is 14.7 Å². The third-order valence-corrected chi connectivity index (χ3v) is 2.44. The molecule has 6 heteroatoms. The van der Waals surface area contributed by atoms with Crippen LogP contribution in [-0.2, 0) is 4.74 Å². The van der Waals surface area contributed by atoms with E-state index in [9.17, 15) is 9.59 Å². The highest BCUT2D eigenvalue weighted by Gasteiger charge is 2.22. The Labute approximate surface area is 111 Å². The van der Waals surface area contributed by atoms with Crippen molar-refractivity contribution in [3.8, 4) is 0 Å². The zero-order valence-electron chi connectivity index (χ0n) is 10.7. The maximum absolute atomic E-state index is 12.3. The van der Waals surface area contributed by atoms with Crippen LogP contribution < -0.4 is 0 Å². The number of amides is 1. The summed E-state index contributed by atoms with van der Waals surface area (Å²) >= 11 is 0. The Morgan fingerprint density at radius 1 is 1.58 bits per heavy atom. The second-order valence-electron chi connectivity index (χ2n) is 3.74. The predicted molar refractivity (Wildman–Crippen MR) is 69.2 cm³/mol. The standard InChI is InChI=1S/C13H16N2O4/c1-3-7-15(8-9-19-2)12(16)11-10(13(17)18)5-4-6-14-11/h3-6H,1,7-9H2,2H3,(H,17,18). The van der Waals surface area contributed by atoms with Crippen molar-refractivity contribution < 1.29 is 19.4 Å². The van der Waals surface area contributed by atoms with Crippen LogP contribution in [0.25, 0.3) is 0 Å². The van der Waals surface area contributed by atoms with Gasteiger partial charge in [-0.2, -0.15) is 0 Å². The van der Waals surface area contributed by atoms with Gasteiger partial charge in [-0.3, -0.25) is 9.78 Å². The molecule has 0 spiro atoms. The third kappa shape index (κ3) is 3.89. The van der Waals surface area contributed by atoms with Gasteiger partial charge in [0.05, 0.1) is 12.2 Å². The molecule has 1 N–H and O–H groups in total. The van der Waals surface area contributed by atoms with Crippen LogP contribution in [0.3, 0.4) is 0 Å². The number of pyridine rings is 1. The second kappa shape index (κ2) is 7.27. The van der Waals surface area contributed by atoms with Crippen LogP contribution in [-0.4, -0.2) is 53.7 Å². The summed E-state index contributed by atoms with van der Waals surface area (Å²) in [6, 6.07) is 2.83. The van der Waals surface area contributed by atoms with Crippen LogP contribution in [0.4, 0.5) is 0 Å². The van der Waals surface area contributed by atoms with E-state index in [1.807, 2.05) is 0 Å². The van der Waals surface area contributed by atoms with Gasteiger partial charge in [0.15, 0.2) is 0 Å². The quantitative estimate of drug-likeness (QED) is 0.745. The van der Waals surface area contributed by atoms with Gasteiger partial charge in [-0.15, -0.1) is 6.58 Å². The molecule has 6 nitrogen and oxygen atoms in total. The molecule has 0 aliphatic carbocycles. The molecule has 0 aliphatic rings. The smallest absolute Gasteiger partial charge is 0.338 e. The van der Waals surface area contributed by atoms with Crippen molar-refractivity contribution in [3.63, 3.8) is 0 Å². The van der Waals surface area contributed by atoms with Crippen molar-refractivity contribution in [1.29, 1.82) is 0 Å². The number of aromatic nitrogens is 1. The summed E-state index contributed by atoms with van der Waals surface area (Å²) in [7, 11) is 1.53. The molecular formula is C13H16N2O4. The van der Waals surface area contributed by atoms with Gasteiger partial charge in [-0.05, 0) is 12.1 Å². The van der Waals surface area contributed by atoms with E-state index >= 15 is 0 Å². The lowest BCUT2D eigenvalue weighted by Gasteiger charge is -2.20. The average molecular weight is 264 g/mol. The Hall–Kier alpha value is -2.21. The number of carboxylic acids is 1. The van der Waals surface area contributed by atoms with Gasteiger partial charge in [0.25, 0.3) is 5.91 Å². The highest BCUT2D eigenvalue weighted by atomic mass is 16.5. The lowest BCUT2D eigenvalue weighted by Crippen LogP contribution is -2.35. The molecule has 0 saturated carbocycles. The van der Waals surface area contributed by atoms with E-state index in [4.69, 9.17) is 9.84 Å². The Balaban J connectivity index is 3.01. The molecular weight excluding hydrogens is 248 g/mol. The van der Waals surface area contributed by atoms with Crippen LogP contribution in [0, 0.1) is 0 Å². The molecule has 1 heterocycles. The number of ether oxygens (including phenoxy) is 1. The first kappa shape index (κ1) is 14.8. The van der Waals surface area contributed by atoms with E-state index in [0.29, 0.717) is 19.7 Å². The van der Waals surface area contributed by atoms with Gasteiger partial charge in [0, 0.05) is 26.4 Å². The first-order valence-electron chi connectivity index (χ1n) is 5.69. The summed E-state index contributed by atoms with van der Waals surface area (Å²) in [6.07, 6.45) is 2.96. The summed E-state index contributed by atoms with van der Waals surface area (Å²) in [5.41, 5.74) is -0.188. The highest BCUT2D eigenvalue weighted by molar-refractivity contribution is 6.03. The molecule has 0 atom stereocenters. The number of carbonyl (C=O) groups excluding carboxylic acids is 1. The van der Waals surface area contributed by atoms with E-state index in [0.717, 1.165) is 0 Å². The molecule has 0 unspecified atom stereocenters. The van der Waals surface area contributed by atoms with E-state index in [1.165, 1.54) is 30.3 Å². The molecule has 1 rings (SSSR count). The van der Waals surface area contributed by atoms with Gasteiger partial charge in [-0.1, -0.05) is 6.08 Å². The fraction of sp³-hybridized carbons (Fsp3) is 0.308. The predicted octanol–water partition coefficient (Wildman–Crippen LogP) is 1.05. The molecule has 19 heavy (non-hydrogen) atoms. The van der Waals surface area contributed by atoms with Gasteiger partial charge in [0.2, 0.25) is 0 Å². The lowest BCUT2D eigenvalue weighted by atomic mass is 10.1. The van der Waals surface area contributed by atoms with Gasteiger partial charge >= 0.3 is 5.97 Å². The summed E-state index contributed by atoms with van der Waals surface area (Å²) in [6.45, 7) is 4.57. The number of nitrogens with zero attached hydrogens (tertiary/aromatic N) is 2. The maximum Gasteiger partial charge on any atom is 0.338 e. The molecule has 1 aromatic rings. The van der Waals surface area contributed by atoms with Crippen LogP contribution in [0.1, 0.15) is 20.8 Å². The normalized spacial score (nSPS) is 9.95. The molecule has 0 bridgehead atoms. The van der Waals surface area contributed by atoms with Crippen molar-refractivity contribution >= 4 is 11.9 Å². The number of carboxylic acid groups (broad SMARTS) is 1. The SMILES string of the molecule is C=CCN(CCOC)C(=O)c1ncccc1C(=O)O. The minimum absolute atomic E-state index is 0.0760. The molecule has 1 amide bonds. The zero-order valence-corrected chi connectivity index (χ0v) is 10.7. The monoisotopic (exact) mass is 264 g/mol. The molecule has 0 fully saturated rings. The first-order chi connectivity index (χ1) is 9.11. The minimum Gasteiger partial charge on any atom is -0.478 e. The molecule has 0 aliphatic heterocycles. The summed E-state index contributed by atoms with van der Waals surface area (Å²) in [5.74, 6) is -1.63. The van der Waals surface area contributed by atoms with Crippen molar-refractivity contribution in [2.75, 3.05) is 26.8 Å². The van der Waals surface area contributed by atoms with E-state index in [1.54, 1.807) is 6.08 Å². The summed E-state index contributed by atoms with van der Waals surface area (Å²) < 4.78 is 4.92. The molecule has 0 saturated heterocycles. The second-order valence-corrected chi connectivity index (χ2v) is 3.74. The summed E-state index contributed by atoms with van der Waals surface area (Å²) in [5, 5.41) is 9.05. The Morgan fingerprint density at radius 2 is 2.32 bits per heavy atom. The van der Waals surface area contributed by atoms with E-state index < -0.39 is 11.9 Å². The number of methoxy groups -OCH3 is 1. The van der Waals surface area contributed by atoms with E-state index in [2.05, 4.69) is 11.6 Å². The van der Waals surface area contributed by atoms with Crippen LogP contribution in [0.2, 0.25) is 0 Å². The van der Waals surface area contributed by atoms with Crippen molar-refractivity contribution in [1.82, 2.24) is 9.88 Å². The van der Waals surface area contributed by atoms with Gasteiger partial charge in [-0.25, -0.2) is 4.79 Å². The number of hydrogen-bond donors (Lipinski definition) is 1.